The highest BCUT2D eigenvalue weighted by Crippen LogP contribution is 1.82. The van der Waals surface area contributed by atoms with Crippen LogP contribution in [0.5, 0.6) is 0 Å². The average Bonchev–Trinajstić information content (AvgIpc) is 2.18. The molecule has 0 saturated carbocycles. The molecular weight excluding hydrogens is 218 g/mol. The lowest BCUT2D eigenvalue weighted by Gasteiger charge is -1.90. The first-order valence-electron chi connectivity index (χ1n) is 3.69. The van der Waals surface area contributed by atoms with Crippen LogP contribution in [0.2, 0.25) is 0 Å². The fraction of sp³-hybridized carbons (Fsp3) is 0.571. The van der Waals surface area contributed by atoms with Crippen LogP contribution < -0.4 is 0 Å². The third-order valence-electron chi connectivity index (χ3n) is 0.702. The number of hydrogen-bond donors (Lipinski definition) is 0. The van der Waals surface area contributed by atoms with Crippen LogP contribution in [-0.4, -0.2) is 35.3 Å². The van der Waals surface area contributed by atoms with Crippen LogP contribution in [-0.2, 0) is 18.8 Å². The monoisotopic (exact) mass is 230 g/mol. The van der Waals surface area contributed by atoms with Crippen LogP contribution in [0.1, 0.15) is 19.8 Å². The Morgan fingerprint density at radius 2 is 1.33 bits per heavy atom. The van der Waals surface area contributed by atoms with E-state index in [2.05, 4.69) is 6.92 Å². The Morgan fingerprint density at radius 1 is 1.07 bits per heavy atom. The van der Waals surface area contributed by atoms with E-state index in [0.717, 1.165) is 17.1 Å². The molecule has 0 fully saturated rings. The molecule has 0 aliphatic rings. The van der Waals surface area contributed by atoms with E-state index in [0.29, 0.717) is 18.2 Å². The summed E-state index contributed by atoms with van der Waals surface area (Å²) in [6.07, 6.45) is 3.98. The molecule has 7 nitrogen and oxygen atoms in total. The van der Waals surface area contributed by atoms with Crippen LogP contribution in [0.25, 0.3) is 16.2 Å². The van der Waals surface area contributed by atoms with Crippen molar-refractivity contribution in [3.8, 4) is 0 Å². The number of nitrogens with zero attached hydrogens (tertiary/aromatic N) is 3. The van der Waals surface area contributed by atoms with E-state index in [1.807, 2.05) is 0 Å². The molecule has 0 spiro atoms. The molecule has 0 saturated heterocycles. The van der Waals surface area contributed by atoms with Gasteiger partial charge in [-0.15, -0.1) is 0 Å². The minimum absolute atomic E-state index is 0.500. The molecule has 0 heterocycles. The van der Waals surface area contributed by atoms with Crippen molar-refractivity contribution in [2.75, 3.05) is 6.61 Å². The molecule has 0 atom stereocenters. The highest BCUT2D eigenvalue weighted by Gasteiger charge is 1.74. The van der Waals surface area contributed by atoms with E-state index in [9.17, 15) is 0 Å². The van der Waals surface area contributed by atoms with Gasteiger partial charge in [0.05, 0.1) is 0 Å². The average molecular weight is 230 g/mol. The molecule has 86 valence electrons. The largest absolute Gasteiger partial charge is 0.724 e. The minimum atomic E-state index is 0.500. The van der Waals surface area contributed by atoms with Gasteiger partial charge in [-0.05, 0) is 24.7 Å². The molecule has 0 aromatic heterocycles. The number of rotatable bonds is 3. The summed E-state index contributed by atoms with van der Waals surface area (Å²) < 4.78 is 4.92. The van der Waals surface area contributed by atoms with Crippen LogP contribution in [0, 0.1) is 0 Å². The van der Waals surface area contributed by atoms with Gasteiger partial charge in [0.1, 0.15) is 10.5 Å². The first-order chi connectivity index (χ1) is 7.16. The van der Waals surface area contributed by atoms with Gasteiger partial charge >= 0.3 is 0 Å². The third kappa shape index (κ3) is 756. The fourth-order valence-electron chi connectivity index (χ4n) is 0.289. The molecular formula is C7H12N3O4Si-3. The number of isocyanates is 3. The summed E-state index contributed by atoms with van der Waals surface area (Å²) in [5.41, 5.74) is 0. The van der Waals surface area contributed by atoms with Gasteiger partial charge in [-0.25, -0.2) is 0 Å². The third-order valence-corrected chi connectivity index (χ3v) is 1.11. The lowest BCUT2D eigenvalue weighted by molar-refractivity contribution is 0.339. The highest BCUT2D eigenvalue weighted by atomic mass is 28.2. The van der Waals surface area contributed by atoms with Crippen molar-refractivity contribution in [1.82, 2.24) is 0 Å². The van der Waals surface area contributed by atoms with Crippen molar-refractivity contribution in [2.24, 2.45) is 0 Å². The highest BCUT2D eigenvalue weighted by molar-refractivity contribution is 5.97. The first-order valence-corrected chi connectivity index (χ1v) is 4.50. The molecule has 0 unspecified atom stereocenters. The maximum atomic E-state index is 8.24. The maximum Gasteiger partial charge on any atom is 0.145 e. The second-order valence-electron chi connectivity index (χ2n) is 1.62. The Morgan fingerprint density at radius 3 is 1.40 bits per heavy atom. The molecule has 0 radical (unpaired) electrons. The number of hydrogen-bond acceptors (Lipinski definition) is 4. The van der Waals surface area contributed by atoms with Crippen LogP contribution in [0.4, 0.5) is 0 Å². The zero-order valence-electron chi connectivity index (χ0n) is 8.60. The zero-order valence-corrected chi connectivity index (χ0v) is 10.6. The smallest absolute Gasteiger partial charge is 0.145 e. The van der Waals surface area contributed by atoms with E-state index < -0.39 is 0 Å². The van der Waals surface area contributed by atoms with Gasteiger partial charge in [-0.1, -0.05) is 13.3 Å². The second kappa shape index (κ2) is 55.8. The molecule has 0 aromatic carbocycles. The van der Waals surface area contributed by atoms with Crippen molar-refractivity contribution in [1.29, 1.82) is 0 Å². The summed E-state index contributed by atoms with van der Waals surface area (Å²) in [5, 5.41) is 20.3. The molecule has 8 heteroatoms. The van der Waals surface area contributed by atoms with Gasteiger partial charge < -0.3 is 20.7 Å². The Balaban J connectivity index is -0.0000000581. The van der Waals surface area contributed by atoms with E-state index >= 15 is 0 Å². The summed E-state index contributed by atoms with van der Waals surface area (Å²) in [5.74, 6) is 0. The predicted molar refractivity (Wildman–Crippen MR) is 58.0 cm³/mol. The Kier molecular flexibility index (Phi) is 86.6. The van der Waals surface area contributed by atoms with Crippen molar-refractivity contribution >= 4 is 28.7 Å². The second-order valence-corrected chi connectivity index (χ2v) is 2.20. The molecule has 0 aromatic rings. The topological polar surface area (TPSA) is 127 Å². The predicted octanol–water partition coefficient (Wildman–Crippen LogP) is -0.242. The molecule has 0 rings (SSSR count). The Labute approximate surface area is 90.9 Å². The van der Waals surface area contributed by atoms with Gasteiger partial charge in [0, 0.05) is 6.61 Å². The summed E-state index contributed by atoms with van der Waals surface area (Å²) in [4.78, 5) is 24.7. The normalized spacial score (nSPS) is 5.40. The van der Waals surface area contributed by atoms with Crippen molar-refractivity contribution in [3.63, 3.8) is 0 Å². The number of carbonyl (C=O) groups excluding carboxylic acids is 3. The standard InChI is InChI=1S/C4H12OSi.3CNO/c1-2-3-4-5-6;3*2-1-3/h2-4H2,1,6H3;;;/q;3*-1. The quantitative estimate of drug-likeness (QED) is 0.287. The first kappa shape index (κ1) is 23.3. The van der Waals surface area contributed by atoms with Crippen LogP contribution in [0.15, 0.2) is 0 Å². The summed E-state index contributed by atoms with van der Waals surface area (Å²) >= 11 is 0. The van der Waals surface area contributed by atoms with E-state index in [-0.39, 0.29) is 0 Å². The fourth-order valence-corrected chi connectivity index (χ4v) is 0.577. The van der Waals surface area contributed by atoms with E-state index in [4.69, 9.17) is 35.0 Å². The molecule has 15 heavy (non-hydrogen) atoms. The van der Waals surface area contributed by atoms with Gasteiger partial charge in [-0.2, -0.15) is 0 Å². The SMILES string of the molecule is CCCCO[SiH3].[N-]=C=O.[N-]=C=O.[N-]=C=O. The van der Waals surface area contributed by atoms with Crippen LogP contribution >= 0.6 is 0 Å². The molecule has 0 bridgehead atoms. The van der Waals surface area contributed by atoms with Crippen molar-refractivity contribution in [3.05, 3.63) is 16.2 Å². The van der Waals surface area contributed by atoms with Gasteiger partial charge in [0.2, 0.25) is 0 Å². The number of unbranched alkanes of at least 4 members (excludes halogenated alkanes) is 1. The Bertz CT molecular complexity index is 160. The zero-order chi connectivity index (χ0) is 12.9. The Hall–Kier alpha value is -1.68. The molecule has 0 N–H and O–H groups in total. The molecule has 0 amide bonds. The molecule has 0 aliphatic heterocycles. The van der Waals surface area contributed by atoms with Crippen LogP contribution in [0.3, 0.4) is 0 Å². The van der Waals surface area contributed by atoms with Crippen molar-refractivity contribution in [2.45, 2.75) is 19.8 Å². The lowest BCUT2D eigenvalue weighted by atomic mass is 10.4. The molecule has 0 aliphatic carbocycles. The van der Waals surface area contributed by atoms with Gasteiger partial charge in [0.25, 0.3) is 0 Å². The summed E-state index contributed by atoms with van der Waals surface area (Å²) in [7, 11) is 0.903. The summed E-state index contributed by atoms with van der Waals surface area (Å²) in [6, 6.07) is 0. The van der Waals surface area contributed by atoms with Gasteiger partial charge in [-0.3, -0.25) is 14.4 Å². The van der Waals surface area contributed by atoms with E-state index in [1.165, 1.54) is 12.8 Å². The maximum absolute atomic E-state index is 8.24. The minimum Gasteiger partial charge on any atom is -0.724 e. The lowest BCUT2D eigenvalue weighted by Crippen LogP contribution is -1.85. The summed E-state index contributed by atoms with van der Waals surface area (Å²) in [6.45, 7) is 3.14. The van der Waals surface area contributed by atoms with Gasteiger partial charge in [0.15, 0.2) is 0 Å². The van der Waals surface area contributed by atoms with E-state index in [1.54, 1.807) is 0 Å². The van der Waals surface area contributed by atoms with Crippen molar-refractivity contribution < 1.29 is 18.8 Å².